The number of carbonyl (C=O) groups excluding carboxylic acids is 1. The lowest BCUT2D eigenvalue weighted by Crippen LogP contribution is -2.28. The van der Waals surface area contributed by atoms with Crippen LogP contribution in [0.1, 0.15) is 19.3 Å². The van der Waals surface area contributed by atoms with E-state index in [1.165, 1.54) is 12.1 Å². The Labute approximate surface area is 252 Å². The number of carbonyl (C=O) groups is 1. The number of nitrogens with one attached hydrogen (secondary N) is 3. The molecule has 0 spiro atoms. The van der Waals surface area contributed by atoms with Crippen LogP contribution in [0.15, 0.2) is 67.3 Å². The standard InChI is InChI=1S/C33H31FN8O2/c1-42(2)8-9-44-25-12-20(10-23(34)14-25)30-26-15-29(39-28(26)6-7-36-30)31-27-13-22(17-37-32(27)41-40-31)21-11-24(18-35-16-21)38-33(43)19-4-3-5-19/h6-7,10-19,39H,3-5,8-9H2,1-2H3,(H,38,43)(H,37,40,41). The molecule has 0 aliphatic heterocycles. The number of aromatic amines is 2. The van der Waals surface area contributed by atoms with E-state index >= 15 is 0 Å². The zero-order valence-electron chi connectivity index (χ0n) is 24.4. The van der Waals surface area contributed by atoms with Crippen molar-refractivity contribution in [1.29, 1.82) is 0 Å². The molecule has 1 aliphatic carbocycles. The second kappa shape index (κ2) is 11.5. The molecule has 0 bridgehead atoms. The van der Waals surface area contributed by atoms with Crippen LogP contribution >= 0.6 is 0 Å². The lowest BCUT2D eigenvalue weighted by Gasteiger charge is -2.24. The van der Waals surface area contributed by atoms with E-state index in [4.69, 9.17) is 4.74 Å². The van der Waals surface area contributed by atoms with Gasteiger partial charge in [-0.05, 0) is 63.3 Å². The summed E-state index contributed by atoms with van der Waals surface area (Å²) in [6, 6.07) is 12.4. The third-order valence-corrected chi connectivity index (χ3v) is 7.99. The summed E-state index contributed by atoms with van der Waals surface area (Å²) < 4.78 is 20.5. The predicted molar refractivity (Wildman–Crippen MR) is 168 cm³/mol. The molecule has 10 nitrogen and oxygen atoms in total. The first-order valence-corrected chi connectivity index (χ1v) is 14.6. The largest absolute Gasteiger partial charge is 0.492 e. The van der Waals surface area contributed by atoms with Gasteiger partial charge in [0.05, 0.1) is 23.3 Å². The first kappa shape index (κ1) is 27.7. The Kier molecular flexibility index (Phi) is 7.23. The summed E-state index contributed by atoms with van der Waals surface area (Å²) in [5, 5.41) is 12.2. The zero-order valence-corrected chi connectivity index (χ0v) is 24.4. The molecule has 3 N–H and O–H groups in total. The van der Waals surface area contributed by atoms with Crippen molar-refractivity contribution in [2.24, 2.45) is 5.92 Å². The minimum Gasteiger partial charge on any atom is -0.492 e. The third kappa shape index (κ3) is 5.49. The highest BCUT2D eigenvalue weighted by molar-refractivity contribution is 6.00. The van der Waals surface area contributed by atoms with Gasteiger partial charge in [-0.25, -0.2) is 9.37 Å². The van der Waals surface area contributed by atoms with Gasteiger partial charge in [-0.15, -0.1) is 0 Å². The number of rotatable bonds is 9. The maximum Gasteiger partial charge on any atom is 0.227 e. The summed E-state index contributed by atoms with van der Waals surface area (Å²) in [4.78, 5) is 31.5. The molecule has 0 radical (unpaired) electrons. The third-order valence-electron chi connectivity index (χ3n) is 7.99. The number of likely N-dealkylation sites (N-methyl/N-ethyl adjacent to an activating group) is 1. The summed E-state index contributed by atoms with van der Waals surface area (Å²) in [6.07, 6.45) is 9.82. The van der Waals surface area contributed by atoms with Gasteiger partial charge in [0.2, 0.25) is 5.91 Å². The molecule has 44 heavy (non-hydrogen) atoms. The van der Waals surface area contributed by atoms with Crippen LogP contribution < -0.4 is 10.1 Å². The maximum atomic E-state index is 14.6. The second-order valence-electron chi connectivity index (χ2n) is 11.4. The first-order valence-electron chi connectivity index (χ1n) is 14.6. The monoisotopic (exact) mass is 590 g/mol. The number of fused-ring (bicyclic) bond motifs is 2. The minimum atomic E-state index is -0.394. The van der Waals surface area contributed by atoms with Crippen molar-refractivity contribution in [1.82, 2.24) is 35.0 Å². The highest BCUT2D eigenvalue weighted by Crippen LogP contribution is 2.35. The van der Waals surface area contributed by atoms with Crippen molar-refractivity contribution in [2.75, 3.05) is 32.6 Å². The molecule has 0 unspecified atom stereocenters. The molecule has 5 heterocycles. The molecule has 1 saturated carbocycles. The van der Waals surface area contributed by atoms with Crippen LogP contribution in [0.5, 0.6) is 5.75 Å². The highest BCUT2D eigenvalue weighted by Gasteiger charge is 2.25. The Morgan fingerprint density at radius 3 is 2.68 bits per heavy atom. The van der Waals surface area contributed by atoms with Crippen LogP contribution in [0.4, 0.5) is 10.1 Å². The van der Waals surface area contributed by atoms with E-state index in [-0.39, 0.29) is 11.8 Å². The molecular weight excluding hydrogens is 559 g/mol. The quantitative estimate of drug-likeness (QED) is 0.187. The van der Waals surface area contributed by atoms with Gasteiger partial charge in [-0.1, -0.05) is 6.42 Å². The predicted octanol–water partition coefficient (Wildman–Crippen LogP) is 6.05. The summed E-state index contributed by atoms with van der Waals surface area (Å²) in [5.41, 5.74) is 6.50. The Morgan fingerprint density at radius 1 is 1.00 bits per heavy atom. The van der Waals surface area contributed by atoms with Crippen LogP contribution in [-0.2, 0) is 4.79 Å². The molecular formula is C33H31FN8O2. The highest BCUT2D eigenvalue weighted by atomic mass is 19.1. The number of nitrogens with zero attached hydrogens (tertiary/aromatic N) is 5. The van der Waals surface area contributed by atoms with Crippen LogP contribution in [0, 0.1) is 11.7 Å². The lowest BCUT2D eigenvalue weighted by atomic mass is 9.85. The number of aromatic nitrogens is 6. The van der Waals surface area contributed by atoms with Crippen LogP contribution in [0.25, 0.3) is 55.7 Å². The van der Waals surface area contributed by atoms with Gasteiger partial charge in [0.25, 0.3) is 0 Å². The van der Waals surface area contributed by atoms with Crippen molar-refractivity contribution < 1.29 is 13.9 Å². The van der Waals surface area contributed by atoms with E-state index in [1.54, 1.807) is 24.8 Å². The molecule has 0 saturated heterocycles. The fourth-order valence-corrected chi connectivity index (χ4v) is 5.39. The maximum absolute atomic E-state index is 14.6. The van der Waals surface area contributed by atoms with Gasteiger partial charge >= 0.3 is 0 Å². The van der Waals surface area contributed by atoms with Crippen LogP contribution in [0.3, 0.4) is 0 Å². The summed E-state index contributed by atoms with van der Waals surface area (Å²) in [5.74, 6) is 0.186. The molecule has 1 amide bonds. The molecule has 222 valence electrons. The lowest BCUT2D eigenvalue weighted by molar-refractivity contribution is -0.122. The average molecular weight is 591 g/mol. The van der Waals surface area contributed by atoms with Gasteiger partial charge in [0, 0.05) is 70.1 Å². The topological polar surface area (TPSA) is 125 Å². The molecule has 6 aromatic rings. The Balaban J connectivity index is 1.21. The number of amides is 1. The van der Waals surface area contributed by atoms with E-state index in [0.717, 1.165) is 52.4 Å². The number of halogens is 1. The molecule has 11 heteroatoms. The number of hydrogen-bond donors (Lipinski definition) is 3. The molecule has 1 aliphatic rings. The van der Waals surface area contributed by atoms with E-state index in [1.807, 2.05) is 49.3 Å². The normalized spacial score (nSPS) is 13.5. The Morgan fingerprint density at radius 2 is 1.86 bits per heavy atom. The summed E-state index contributed by atoms with van der Waals surface area (Å²) in [6.45, 7) is 1.16. The van der Waals surface area contributed by atoms with Crippen molar-refractivity contribution in [2.45, 2.75) is 19.3 Å². The summed E-state index contributed by atoms with van der Waals surface area (Å²) >= 11 is 0. The van der Waals surface area contributed by atoms with Gasteiger partial charge in [0.1, 0.15) is 23.9 Å². The molecule has 7 rings (SSSR count). The molecule has 0 atom stereocenters. The second-order valence-corrected chi connectivity index (χ2v) is 11.4. The van der Waals surface area contributed by atoms with Crippen molar-refractivity contribution in [3.05, 3.63) is 73.1 Å². The smallest absolute Gasteiger partial charge is 0.227 e. The van der Waals surface area contributed by atoms with Crippen molar-refractivity contribution in [3.63, 3.8) is 0 Å². The Hall–Kier alpha value is -5.16. The Bertz CT molecular complexity index is 2000. The molecule has 1 fully saturated rings. The first-order chi connectivity index (χ1) is 21.4. The fraction of sp³-hybridized carbons (Fsp3) is 0.242. The van der Waals surface area contributed by atoms with Gasteiger partial charge in [0.15, 0.2) is 5.65 Å². The van der Waals surface area contributed by atoms with E-state index in [9.17, 15) is 9.18 Å². The SMILES string of the molecule is CN(C)CCOc1cc(F)cc(-c2nccc3[nH]c(-c4n[nH]c5ncc(-c6cncc(NC(=O)C7CCC7)c6)cc45)cc23)c1. The van der Waals surface area contributed by atoms with Gasteiger partial charge < -0.3 is 19.9 Å². The number of hydrogen-bond acceptors (Lipinski definition) is 7. The van der Waals surface area contributed by atoms with Crippen molar-refractivity contribution >= 4 is 33.5 Å². The fourth-order valence-electron chi connectivity index (χ4n) is 5.39. The van der Waals surface area contributed by atoms with Crippen LogP contribution in [-0.4, -0.2) is 68.2 Å². The van der Waals surface area contributed by atoms with E-state index in [2.05, 4.69) is 35.5 Å². The van der Waals surface area contributed by atoms with Crippen LogP contribution in [0.2, 0.25) is 0 Å². The number of ether oxygens (including phenoxy) is 1. The minimum absolute atomic E-state index is 0.0416. The number of pyridine rings is 3. The number of anilines is 1. The van der Waals surface area contributed by atoms with Gasteiger partial charge in [-0.2, -0.15) is 5.10 Å². The van der Waals surface area contributed by atoms with E-state index < -0.39 is 5.82 Å². The average Bonchev–Trinajstić information content (AvgIpc) is 3.59. The molecule has 5 aromatic heterocycles. The molecule has 1 aromatic carbocycles. The van der Waals surface area contributed by atoms with Crippen molar-refractivity contribution in [3.8, 4) is 39.5 Å². The summed E-state index contributed by atoms with van der Waals surface area (Å²) in [7, 11) is 3.92. The van der Waals surface area contributed by atoms with Gasteiger partial charge in [-0.3, -0.25) is 19.9 Å². The number of benzene rings is 1. The zero-order chi connectivity index (χ0) is 30.2. The number of H-pyrrole nitrogens is 2. The van der Waals surface area contributed by atoms with E-state index in [0.29, 0.717) is 47.2 Å².